The van der Waals surface area contributed by atoms with Gasteiger partial charge in [0.2, 0.25) is 5.91 Å². The number of hydrogen-bond donors (Lipinski definition) is 4. The molecule has 0 bridgehead atoms. The smallest absolute Gasteiger partial charge is 0.275 e. The second-order valence-corrected chi connectivity index (χ2v) is 7.79. The van der Waals surface area contributed by atoms with E-state index in [0.717, 1.165) is 17.5 Å². The lowest BCUT2D eigenvalue weighted by molar-refractivity contribution is -0.132. The van der Waals surface area contributed by atoms with Gasteiger partial charge in [0.05, 0.1) is 6.61 Å². The van der Waals surface area contributed by atoms with Crippen molar-refractivity contribution < 1.29 is 14.7 Å². The maximum atomic E-state index is 12.8. The Morgan fingerprint density at radius 2 is 2.00 bits per heavy atom. The molecule has 4 heterocycles. The van der Waals surface area contributed by atoms with Crippen LogP contribution in [-0.2, 0) is 17.8 Å². The summed E-state index contributed by atoms with van der Waals surface area (Å²) in [6, 6.07) is 6.70. The topological polar surface area (TPSA) is 146 Å². The number of rotatable bonds is 5. The predicted octanol–water partition coefficient (Wildman–Crippen LogP) is 1.39. The van der Waals surface area contributed by atoms with E-state index >= 15 is 0 Å². The van der Waals surface area contributed by atoms with Crippen molar-refractivity contribution >= 4 is 29.3 Å². The molecular weight excluding hydrogens is 410 g/mol. The number of nitrogens with zero attached hydrogens (tertiary/aromatic N) is 4. The Balaban J connectivity index is 1.47. The van der Waals surface area contributed by atoms with Gasteiger partial charge in [-0.15, -0.1) is 0 Å². The van der Waals surface area contributed by atoms with Gasteiger partial charge >= 0.3 is 0 Å². The maximum absolute atomic E-state index is 12.8. The number of aliphatic hydroxyl groups excluding tert-OH is 1. The van der Waals surface area contributed by atoms with E-state index in [1.54, 1.807) is 40.3 Å². The number of fused-ring (bicyclic) bond motifs is 1. The van der Waals surface area contributed by atoms with Crippen molar-refractivity contribution in [3.63, 3.8) is 0 Å². The molecule has 0 saturated carbocycles. The van der Waals surface area contributed by atoms with Crippen molar-refractivity contribution in [3.8, 4) is 0 Å². The van der Waals surface area contributed by atoms with Crippen molar-refractivity contribution in [2.45, 2.75) is 32.2 Å². The number of likely N-dealkylation sites (tertiary alicyclic amines) is 1. The Hall–Kier alpha value is -3.66. The van der Waals surface area contributed by atoms with E-state index in [4.69, 9.17) is 15.9 Å². The largest absolute Gasteiger partial charge is 0.396 e. The van der Waals surface area contributed by atoms with Crippen LogP contribution in [0.15, 0.2) is 30.5 Å². The Bertz CT molecular complexity index is 1080. The van der Waals surface area contributed by atoms with E-state index in [0.29, 0.717) is 49.8 Å². The highest BCUT2D eigenvalue weighted by Crippen LogP contribution is 2.20. The van der Waals surface area contributed by atoms with Crippen LogP contribution in [0.2, 0.25) is 0 Å². The lowest BCUT2D eigenvalue weighted by atomic mass is 10.0. The number of anilines is 1. The molecule has 1 saturated heterocycles. The summed E-state index contributed by atoms with van der Waals surface area (Å²) >= 11 is 0. The minimum Gasteiger partial charge on any atom is -0.396 e. The highest BCUT2D eigenvalue weighted by molar-refractivity contribution is 6.07. The van der Waals surface area contributed by atoms with E-state index in [-0.39, 0.29) is 30.5 Å². The monoisotopic (exact) mass is 435 g/mol. The highest BCUT2D eigenvalue weighted by Gasteiger charge is 2.24. The van der Waals surface area contributed by atoms with E-state index in [1.165, 1.54) is 0 Å². The maximum Gasteiger partial charge on any atom is 0.275 e. The molecule has 10 nitrogen and oxygen atoms in total. The van der Waals surface area contributed by atoms with Crippen LogP contribution in [0, 0.1) is 10.8 Å². The zero-order valence-electron chi connectivity index (χ0n) is 17.6. The molecule has 2 aliphatic heterocycles. The summed E-state index contributed by atoms with van der Waals surface area (Å²) in [5.41, 5.74) is 2.45. The Morgan fingerprint density at radius 1 is 1.16 bits per heavy atom. The third-order valence-corrected chi connectivity index (χ3v) is 5.63. The number of aliphatic hydroxyl groups is 1. The molecule has 2 aliphatic rings. The molecule has 0 atom stereocenters. The van der Waals surface area contributed by atoms with E-state index in [2.05, 4.69) is 15.3 Å². The van der Waals surface area contributed by atoms with Gasteiger partial charge in [-0.2, -0.15) is 0 Å². The van der Waals surface area contributed by atoms with Gasteiger partial charge in [-0.25, -0.2) is 4.98 Å². The molecule has 0 radical (unpaired) electrons. The summed E-state index contributed by atoms with van der Waals surface area (Å²) in [5.74, 6) is 0.286. The number of pyridine rings is 2. The van der Waals surface area contributed by atoms with Crippen LogP contribution < -0.4 is 5.32 Å². The van der Waals surface area contributed by atoms with Gasteiger partial charge in [0.15, 0.2) is 5.84 Å². The molecule has 10 heteroatoms. The SMILES string of the molecule is N=C1CCCN1C(=N)c1cccc(NC(=O)c2cc3c(cn2)CCN(C(=O)CCO)C3)n1. The van der Waals surface area contributed by atoms with E-state index in [1.807, 2.05) is 0 Å². The summed E-state index contributed by atoms with van der Waals surface area (Å²) in [6.45, 7) is 1.38. The fourth-order valence-electron chi connectivity index (χ4n) is 3.90. The lowest BCUT2D eigenvalue weighted by Crippen LogP contribution is -2.36. The molecule has 0 aliphatic carbocycles. The molecule has 0 aromatic carbocycles. The zero-order chi connectivity index (χ0) is 22.7. The Labute approximate surface area is 185 Å². The summed E-state index contributed by atoms with van der Waals surface area (Å²) in [5, 5.41) is 28.0. The van der Waals surface area contributed by atoms with Gasteiger partial charge in [-0.05, 0) is 42.2 Å². The molecule has 4 N–H and O–H groups in total. The van der Waals surface area contributed by atoms with Crippen molar-refractivity contribution in [2.24, 2.45) is 0 Å². The van der Waals surface area contributed by atoms with Crippen molar-refractivity contribution in [1.82, 2.24) is 19.8 Å². The van der Waals surface area contributed by atoms with Crippen LogP contribution in [-0.4, -0.2) is 68.1 Å². The molecule has 2 amide bonds. The standard InChI is InChI=1S/C22H25N7O3/c23-18-4-2-8-29(18)21(24)16-3-1-5-19(26-16)27-22(32)17-11-15-13-28(20(31)7-10-30)9-6-14(15)12-25-17/h1,3,5,11-12,23-24,30H,2,4,6-10,13H2,(H,26,27,32). The van der Waals surface area contributed by atoms with Gasteiger partial charge in [0, 0.05) is 38.7 Å². The van der Waals surface area contributed by atoms with Crippen LogP contribution in [0.4, 0.5) is 5.82 Å². The van der Waals surface area contributed by atoms with Gasteiger partial charge in [-0.1, -0.05) is 6.07 Å². The second kappa shape index (κ2) is 9.23. The molecular formula is C22H25N7O3. The van der Waals surface area contributed by atoms with Crippen LogP contribution in [0.25, 0.3) is 0 Å². The van der Waals surface area contributed by atoms with E-state index < -0.39 is 5.91 Å². The third kappa shape index (κ3) is 4.50. The number of aromatic nitrogens is 2. The summed E-state index contributed by atoms with van der Waals surface area (Å²) in [4.78, 5) is 36.8. The minimum absolute atomic E-state index is 0.0850. The van der Waals surface area contributed by atoms with Gasteiger partial charge in [0.25, 0.3) is 5.91 Å². The number of nitrogens with one attached hydrogen (secondary N) is 3. The highest BCUT2D eigenvalue weighted by atomic mass is 16.3. The first kappa shape index (κ1) is 21.6. The fourth-order valence-corrected chi connectivity index (χ4v) is 3.90. The van der Waals surface area contributed by atoms with Crippen LogP contribution in [0.3, 0.4) is 0 Å². The van der Waals surface area contributed by atoms with Gasteiger partial charge < -0.3 is 20.2 Å². The summed E-state index contributed by atoms with van der Waals surface area (Å²) < 4.78 is 0. The third-order valence-electron chi connectivity index (χ3n) is 5.63. The lowest BCUT2D eigenvalue weighted by Gasteiger charge is -2.28. The van der Waals surface area contributed by atoms with Crippen LogP contribution in [0.5, 0.6) is 0 Å². The first-order valence-electron chi connectivity index (χ1n) is 10.5. The van der Waals surface area contributed by atoms with Crippen molar-refractivity contribution in [1.29, 1.82) is 10.8 Å². The fraction of sp³-hybridized carbons (Fsp3) is 0.364. The molecule has 2 aromatic rings. The normalized spacial score (nSPS) is 15.5. The van der Waals surface area contributed by atoms with E-state index in [9.17, 15) is 9.59 Å². The number of amides is 2. The predicted molar refractivity (Wildman–Crippen MR) is 118 cm³/mol. The molecule has 0 unspecified atom stereocenters. The Morgan fingerprint density at radius 3 is 2.75 bits per heavy atom. The first-order valence-corrected chi connectivity index (χ1v) is 10.5. The number of hydrogen-bond acceptors (Lipinski definition) is 7. The molecule has 166 valence electrons. The minimum atomic E-state index is -0.434. The van der Waals surface area contributed by atoms with Crippen LogP contribution in [0.1, 0.15) is 46.6 Å². The van der Waals surface area contributed by atoms with Gasteiger partial charge in [0.1, 0.15) is 23.0 Å². The zero-order valence-corrected chi connectivity index (χ0v) is 17.6. The van der Waals surface area contributed by atoms with Crippen molar-refractivity contribution in [3.05, 3.63) is 53.0 Å². The molecule has 1 fully saturated rings. The van der Waals surface area contributed by atoms with Crippen LogP contribution >= 0.6 is 0 Å². The second-order valence-electron chi connectivity index (χ2n) is 7.79. The molecule has 2 aromatic heterocycles. The van der Waals surface area contributed by atoms with Gasteiger partial charge in [-0.3, -0.25) is 25.4 Å². The first-order chi connectivity index (χ1) is 15.5. The molecule has 4 rings (SSSR count). The quantitative estimate of drug-likeness (QED) is 0.412. The number of carbonyl (C=O) groups excluding carboxylic acids is 2. The van der Waals surface area contributed by atoms with Crippen molar-refractivity contribution in [2.75, 3.05) is 25.0 Å². The number of carbonyl (C=O) groups is 2. The Kier molecular flexibility index (Phi) is 6.22. The average Bonchev–Trinajstić information content (AvgIpc) is 3.24. The number of amidine groups is 2. The average molecular weight is 435 g/mol. The molecule has 0 spiro atoms. The summed E-state index contributed by atoms with van der Waals surface area (Å²) in [6.07, 6.45) is 3.88. The molecule has 32 heavy (non-hydrogen) atoms. The summed E-state index contributed by atoms with van der Waals surface area (Å²) in [7, 11) is 0.